The number of hydrogen-bond donors (Lipinski definition) is 0. The molecule has 2 saturated carbocycles. The molecule has 0 amide bonds. The van der Waals surface area contributed by atoms with Crippen LogP contribution < -0.4 is 0 Å². The highest BCUT2D eigenvalue weighted by molar-refractivity contribution is 5.88. The first-order valence-corrected chi connectivity index (χ1v) is 12.2. The highest BCUT2D eigenvalue weighted by atomic mass is 16.9. The molecular formula is C24H34O9. The molecule has 0 aromatic rings. The maximum Gasteiger partial charge on any atom is 0.344 e. The predicted molar refractivity (Wildman–Crippen MR) is 113 cm³/mol. The predicted octanol–water partition coefficient (Wildman–Crippen LogP) is 2.89. The normalized spacial score (nSPS) is 36.2. The molecule has 9 nitrogen and oxygen atoms in total. The van der Waals surface area contributed by atoms with Crippen molar-refractivity contribution in [3.63, 3.8) is 0 Å². The van der Waals surface area contributed by atoms with Crippen LogP contribution in [-0.2, 0) is 42.7 Å². The Morgan fingerprint density at radius 2 is 1.39 bits per heavy atom. The molecule has 3 heterocycles. The summed E-state index contributed by atoms with van der Waals surface area (Å²) in [4.78, 5) is 23.7. The van der Waals surface area contributed by atoms with Gasteiger partial charge in [-0.3, -0.25) is 0 Å². The first-order chi connectivity index (χ1) is 15.9. The lowest BCUT2D eigenvalue weighted by Gasteiger charge is -2.36. The van der Waals surface area contributed by atoms with Crippen LogP contribution in [0, 0.1) is 0 Å². The van der Waals surface area contributed by atoms with Crippen LogP contribution in [0.4, 0.5) is 0 Å². The lowest BCUT2D eigenvalue weighted by atomic mass is 9.94. The number of fused-ring (bicyclic) bond motifs is 3. The number of rotatable bonds is 5. The van der Waals surface area contributed by atoms with E-state index in [1.54, 1.807) is 0 Å². The van der Waals surface area contributed by atoms with Crippen molar-refractivity contribution >= 4 is 11.9 Å². The van der Waals surface area contributed by atoms with Crippen molar-refractivity contribution in [1.29, 1.82) is 0 Å². The SMILES string of the molecule is C=C(C)C(=O)OCC(=O)OCC1O[C@@H]2OC3(CCCCC3)O[C@@H]2C2OC3(CCCCC3)OC12. The van der Waals surface area contributed by atoms with E-state index in [0.717, 1.165) is 51.4 Å². The molecule has 3 unspecified atom stereocenters. The van der Waals surface area contributed by atoms with Crippen LogP contribution in [0.3, 0.4) is 0 Å². The molecule has 0 aromatic carbocycles. The van der Waals surface area contributed by atoms with Gasteiger partial charge in [0.25, 0.3) is 0 Å². The average Bonchev–Trinajstić information content (AvgIpc) is 3.34. The van der Waals surface area contributed by atoms with Crippen LogP contribution in [0.1, 0.15) is 71.1 Å². The molecule has 3 saturated heterocycles. The van der Waals surface area contributed by atoms with Crippen molar-refractivity contribution in [1.82, 2.24) is 0 Å². The molecule has 0 radical (unpaired) electrons. The molecular weight excluding hydrogens is 432 g/mol. The van der Waals surface area contributed by atoms with Crippen molar-refractivity contribution in [2.75, 3.05) is 13.2 Å². The van der Waals surface area contributed by atoms with Crippen LogP contribution in [-0.4, -0.2) is 67.4 Å². The van der Waals surface area contributed by atoms with Gasteiger partial charge in [-0.15, -0.1) is 0 Å². The highest BCUT2D eigenvalue weighted by Crippen LogP contribution is 2.50. The number of hydrogen-bond acceptors (Lipinski definition) is 9. The summed E-state index contributed by atoms with van der Waals surface area (Å²) in [6.45, 7) is 4.47. The third-order valence-corrected chi connectivity index (χ3v) is 7.28. The topological polar surface area (TPSA) is 98.8 Å². The van der Waals surface area contributed by atoms with E-state index in [1.807, 2.05) is 0 Å². The van der Waals surface area contributed by atoms with E-state index in [2.05, 4.69) is 6.58 Å². The van der Waals surface area contributed by atoms with Crippen molar-refractivity contribution < 1.29 is 42.7 Å². The molecule has 184 valence electrons. The number of ether oxygens (including phenoxy) is 7. The smallest absolute Gasteiger partial charge is 0.344 e. The summed E-state index contributed by atoms with van der Waals surface area (Å²) < 4.78 is 42.3. The summed E-state index contributed by atoms with van der Waals surface area (Å²) in [6.07, 6.45) is 7.53. The minimum absolute atomic E-state index is 0.0519. The van der Waals surface area contributed by atoms with Gasteiger partial charge >= 0.3 is 11.9 Å². The highest BCUT2D eigenvalue weighted by Gasteiger charge is 2.64. The number of carbonyl (C=O) groups is 2. The Labute approximate surface area is 194 Å². The van der Waals surface area contributed by atoms with Gasteiger partial charge in [0.1, 0.15) is 31.0 Å². The maximum absolute atomic E-state index is 12.2. The minimum Gasteiger partial charge on any atom is -0.460 e. The van der Waals surface area contributed by atoms with Crippen molar-refractivity contribution in [3.8, 4) is 0 Å². The summed E-state index contributed by atoms with van der Waals surface area (Å²) in [6, 6.07) is 0. The van der Waals surface area contributed by atoms with E-state index in [4.69, 9.17) is 33.2 Å². The Morgan fingerprint density at radius 3 is 2.03 bits per heavy atom. The molecule has 0 N–H and O–H groups in total. The molecule has 3 aliphatic heterocycles. The van der Waals surface area contributed by atoms with Gasteiger partial charge < -0.3 is 33.2 Å². The van der Waals surface area contributed by atoms with Crippen LogP contribution in [0.5, 0.6) is 0 Å². The molecule has 2 spiro atoms. The van der Waals surface area contributed by atoms with Crippen molar-refractivity contribution in [2.45, 2.75) is 113 Å². The largest absolute Gasteiger partial charge is 0.460 e. The average molecular weight is 467 g/mol. The summed E-state index contributed by atoms with van der Waals surface area (Å²) in [5.74, 6) is -2.57. The Bertz CT molecular complexity index is 768. The molecule has 33 heavy (non-hydrogen) atoms. The Kier molecular flexibility index (Phi) is 6.52. The van der Waals surface area contributed by atoms with Crippen LogP contribution in [0.25, 0.3) is 0 Å². The van der Waals surface area contributed by atoms with E-state index >= 15 is 0 Å². The van der Waals surface area contributed by atoms with Crippen molar-refractivity contribution in [2.24, 2.45) is 0 Å². The van der Waals surface area contributed by atoms with Gasteiger partial charge in [0.15, 0.2) is 24.5 Å². The Balaban J connectivity index is 1.27. The molecule has 5 aliphatic rings. The zero-order valence-electron chi connectivity index (χ0n) is 19.3. The Morgan fingerprint density at radius 1 is 0.818 bits per heavy atom. The van der Waals surface area contributed by atoms with Crippen LogP contribution >= 0.6 is 0 Å². The van der Waals surface area contributed by atoms with E-state index in [-0.39, 0.29) is 24.4 Å². The zero-order valence-corrected chi connectivity index (χ0v) is 19.3. The summed E-state index contributed by atoms with van der Waals surface area (Å²) in [5, 5.41) is 0. The van der Waals surface area contributed by atoms with Crippen LogP contribution in [0.15, 0.2) is 12.2 Å². The second kappa shape index (κ2) is 9.26. The summed E-state index contributed by atoms with van der Waals surface area (Å²) >= 11 is 0. The zero-order chi connectivity index (χ0) is 23.1. The van der Waals surface area contributed by atoms with Crippen LogP contribution in [0.2, 0.25) is 0 Å². The molecule has 5 rings (SSSR count). The van der Waals surface area contributed by atoms with E-state index in [9.17, 15) is 9.59 Å². The lowest BCUT2D eigenvalue weighted by Crippen LogP contribution is -2.56. The van der Waals surface area contributed by atoms with Gasteiger partial charge in [0, 0.05) is 31.3 Å². The molecule has 2 aliphatic carbocycles. The van der Waals surface area contributed by atoms with Gasteiger partial charge in [0.05, 0.1) is 0 Å². The third-order valence-electron chi connectivity index (χ3n) is 7.28. The lowest BCUT2D eigenvalue weighted by molar-refractivity contribution is -0.255. The molecule has 5 fully saturated rings. The van der Waals surface area contributed by atoms with Gasteiger partial charge in [-0.05, 0) is 32.6 Å². The van der Waals surface area contributed by atoms with Gasteiger partial charge in [-0.1, -0.05) is 19.4 Å². The van der Waals surface area contributed by atoms with Gasteiger partial charge in [-0.2, -0.15) is 0 Å². The second-order valence-electron chi connectivity index (χ2n) is 9.89. The van der Waals surface area contributed by atoms with E-state index in [1.165, 1.54) is 19.8 Å². The monoisotopic (exact) mass is 466 g/mol. The Hall–Kier alpha value is -1.52. The van der Waals surface area contributed by atoms with E-state index < -0.39 is 48.6 Å². The standard InChI is InChI=1S/C24H34O9/c1-15(2)21(26)28-14-17(25)27-13-16-18-19(31-23(30-18)9-5-3-6-10-23)20-22(29-16)33-24(32-20)11-7-4-8-12-24/h16,18-20,22H,1,3-14H2,2H3/t16?,18?,19?,20-,22-/m1/s1. The van der Waals surface area contributed by atoms with E-state index in [0.29, 0.717) is 0 Å². The fourth-order valence-corrected chi connectivity index (χ4v) is 5.64. The quantitative estimate of drug-likeness (QED) is 0.447. The minimum atomic E-state index is -0.662. The van der Waals surface area contributed by atoms with Gasteiger partial charge in [0.2, 0.25) is 0 Å². The molecule has 9 heteroatoms. The molecule has 0 bridgehead atoms. The third kappa shape index (κ3) is 4.71. The fourth-order valence-electron chi connectivity index (χ4n) is 5.64. The fraction of sp³-hybridized carbons (Fsp3) is 0.833. The summed E-state index contributed by atoms with van der Waals surface area (Å²) in [5.41, 5.74) is 0.219. The molecule has 5 atom stereocenters. The molecule has 0 aromatic heterocycles. The second-order valence-corrected chi connectivity index (χ2v) is 9.89. The number of carbonyl (C=O) groups excluding carboxylic acids is 2. The summed E-state index contributed by atoms with van der Waals surface area (Å²) in [7, 11) is 0. The first kappa shape index (κ1) is 23.2. The van der Waals surface area contributed by atoms with Gasteiger partial charge in [-0.25, -0.2) is 9.59 Å². The van der Waals surface area contributed by atoms with Crippen molar-refractivity contribution in [3.05, 3.63) is 12.2 Å². The maximum atomic E-state index is 12.2. The first-order valence-electron chi connectivity index (χ1n) is 12.2. The number of esters is 2.